The van der Waals surface area contributed by atoms with Crippen LogP contribution in [0.5, 0.6) is 5.75 Å². The molecule has 0 saturated carbocycles. The number of methoxy groups -OCH3 is 1. The lowest BCUT2D eigenvalue weighted by molar-refractivity contribution is -0.385. The molecule has 12 heteroatoms. The van der Waals surface area contributed by atoms with Gasteiger partial charge in [0.1, 0.15) is 23.8 Å². The first-order chi connectivity index (χ1) is 16.6. The maximum atomic E-state index is 11.6. The average Bonchev–Trinajstić information content (AvgIpc) is 2.89. The summed E-state index contributed by atoms with van der Waals surface area (Å²) in [5.41, 5.74) is 1.39. The predicted molar refractivity (Wildman–Crippen MR) is 126 cm³/mol. The maximum absolute atomic E-state index is 11.6. The van der Waals surface area contributed by atoms with Crippen molar-refractivity contribution >= 4 is 39.7 Å². The van der Waals surface area contributed by atoms with Crippen molar-refractivity contribution in [3.8, 4) is 5.75 Å². The predicted octanol–water partition coefficient (Wildman–Crippen LogP) is 2.36. The molecule has 4 heterocycles. The highest BCUT2D eigenvalue weighted by Crippen LogP contribution is 2.35. The van der Waals surface area contributed by atoms with Gasteiger partial charge in [0.2, 0.25) is 0 Å². The highest BCUT2D eigenvalue weighted by Gasteiger charge is 2.21. The van der Waals surface area contributed by atoms with Crippen LogP contribution >= 0.6 is 0 Å². The fraction of sp³-hybridized carbons (Fsp3) is 0.409. The Morgan fingerprint density at radius 3 is 2.38 bits per heavy atom. The molecule has 0 aliphatic carbocycles. The zero-order valence-electron chi connectivity index (χ0n) is 18.8. The molecule has 2 fully saturated rings. The lowest BCUT2D eigenvalue weighted by Gasteiger charge is -2.32. The van der Waals surface area contributed by atoms with Crippen LogP contribution in [0, 0.1) is 10.1 Å². The fourth-order valence-corrected chi connectivity index (χ4v) is 4.12. The van der Waals surface area contributed by atoms with Gasteiger partial charge in [-0.3, -0.25) is 10.1 Å². The molecule has 2 saturated heterocycles. The summed E-state index contributed by atoms with van der Waals surface area (Å²) in [6, 6.07) is 7.00. The van der Waals surface area contributed by atoms with Crippen LogP contribution in [0.2, 0.25) is 0 Å². The SMILES string of the molecule is COc1cc2ncnc(Nc3cc(N4CCOCC4)cc(N4CCOCC4)n3)c2cc1[N+](=O)[O-]. The fourth-order valence-electron chi connectivity index (χ4n) is 4.12. The number of benzene rings is 1. The number of anilines is 4. The summed E-state index contributed by atoms with van der Waals surface area (Å²) < 4.78 is 16.2. The minimum Gasteiger partial charge on any atom is -0.490 e. The Morgan fingerprint density at radius 2 is 1.71 bits per heavy atom. The second kappa shape index (κ2) is 9.61. The molecule has 0 spiro atoms. The van der Waals surface area contributed by atoms with E-state index < -0.39 is 4.92 Å². The van der Waals surface area contributed by atoms with E-state index >= 15 is 0 Å². The molecule has 0 atom stereocenters. The number of hydrogen-bond donors (Lipinski definition) is 1. The molecule has 2 aliphatic rings. The third-order valence-corrected chi connectivity index (χ3v) is 5.89. The molecule has 2 aromatic heterocycles. The topological polar surface area (TPSA) is 128 Å². The molecule has 3 aromatic rings. The van der Waals surface area contributed by atoms with Gasteiger partial charge in [-0.25, -0.2) is 15.0 Å². The summed E-state index contributed by atoms with van der Waals surface area (Å²) >= 11 is 0. The van der Waals surface area contributed by atoms with Crippen LogP contribution in [-0.2, 0) is 9.47 Å². The van der Waals surface area contributed by atoms with Crippen LogP contribution in [0.1, 0.15) is 0 Å². The summed E-state index contributed by atoms with van der Waals surface area (Å²) in [5, 5.41) is 15.3. The number of nitrogens with zero attached hydrogens (tertiary/aromatic N) is 6. The molecule has 0 unspecified atom stereocenters. The maximum Gasteiger partial charge on any atom is 0.311 e. The molecule has 0 amide bonds. The molecule has 5 rings (SSSR count). The lowest BCUT2D eigenvalue weighted by Crippen LogP contribution is -2.38. The highest BCUT2D eigenvalue weighted by atomic mass is 16.6. The Balaban J connectivity index is 1.55. The Kier molecular flexibility index (Phi) is 6.23. The second-order valence-corrected chi connectivity index (χ2v) is 7.91. The standard InChI is InChI=1S/C22H25N7O5/c1-32-19-13-17-16(12-18(19)29(30)31)22(24-14-23-17)26-20-10-15(27-2-6-33-7-3-27)11-21(25-20)28-4-8-34-9-5-28/h10-14H,2-9H2,1H3,(H,23,24,25,26). The highest BCUT2D eigenvalue weighted by molar-refractivity contribution is 5.93. The van der Waals surface area contributed by atoms with Gasteiger partial charge in [-0.15, -0.1) is 0 Å². The zero-order valence-corrected chi connectivity index (χ0v) is 18.8. The zero-order chi connectivity index (χ0) is 23.5. The van der Waals surface area contributed by atoms with Crippen molar-refractivity contribution in [3.63, 3.8) is 0 Å². The van der Waals surface area contributed by atoms with E-state index in [1.807, 2.05) is 6.07 Å². The number of pyridine rings is 1. The smallest absolute Gasteiger partial charge is 0.311 e. The summed E-state index contributed by atoms with van der Waals surface area (Å²) in [7, 11) is 1.39. The molecule has 0 bridgehead atoms. The molecule has 1 N–H and O–H groups in total. The van der Waals surface area contributed by atoms with E-state index in [0.717, 1.165) is 37.7 Å². The van der Waals surface area contributed by atoms with Crippen molar-refractivity contribution in [3.05, 3.63) is 40.7 Å². The monoisotopic (exact) mass is 467 g/mol. The summed E-state index contributed by atoms with van der Waals surface area (Å²) in [6.45, 7) is 5.70. The first-order valence-corrected chi connectivity index (χ1v) is 11.0. The Morgan fingerprint density at radius 1 is 1.00 bits per heavy atom. The molecular formula is C22H25N7O5. The quantitative estimate of drug-likeness (QED) is 0.424. The minimum absolute atomic E-state index is 0.143. The summed E-state index contributed by atoms with van der Waals surface area (Å²) in [5.74, 6) is 1.99. The van der Waals surface area contributed by atoms with Crippen LogP contribution in [0.3, 0.4) is 0 Å². The normalized spacial score (nSPS) is 16.5. The van der Waals surface area contributed by atoms with Gasteiger partial charge in [-0.1, -0.05) is 0 Å². The minimum atomic E-state index is -0.483. The number of morpholine rings is 2. The largest absolute Gasteiger partial charge is 0.490 e. The van der Waals surface area contributed by atoms with E-state index in [0.29, 0.717) is 49.0 Å². The van der Waals surface area contributed by atoms with E-state index in [2.05, 4.69) is 31.2 Å². The van der Waals surface area contributed by atoms with E-state index in [1.165, 1.54) is 25.6 Å². The van der Waals surface area contributed by atoms with Crippen LogP contribution in [0.4, 0.5) is 28.8 Å². The molecule has 0 radical (unpaired) electrons. The number of hydrogen-bond acceptors (Lipinski definition) is 11. The van der Waals surface area contributed by atoms with Crippen molar-refractivity contribution in [2.24, 2.45) is 0 Å². The number of ether oxygens (including phenoxy) is 3. The molecule has 178 valence electrons. The number of aromatic nitrogens is 3. The Bertz CT molecular complexity index is 1160. The van der Waals surface area contributed by atoms with E-state index in [1.54, 1.807) is 0 Å². The van der Waals surface area contributed by atoms with E-state index in [-0.39, 0.29) is 11.4 Å². The van der Waals surface area contributed by atoms with Crippen LogP contribution in [0.15, 0.2) is 30.6 Å². The van der Waals surface area contributed by atoms with Crippen molar-refractivity contribution in [1.29, 1.82) is 0 Å². The van der Waals surface area contributed by atoms with Gasteiger partial charge in [-0.05, 0) is 0 Å². The summed E-state index contributed by atoms with van der Waals surface area (Å²) in [4.78, 5) is 28.9. The third kappa shape index (κ3) is 4.50. The van der Waals surface area contributed by atoms with Gasteiger partial charge in [0.25, 0.3) is 0 Å². The summed E-state index contributed by atoms with van der Waals surface area (Å²) in [6.07, 6.45) is 1.41. The first kappa shape index (κ1) is 22.0. The van der Waals surface area contributed by atoms with Crippen molar-refractivity contribution in [2.45, 2.75) is 0 Å². The number of fused-ring (bicyclic) bond motifs is 1. The van der Waals surface area contributed by atoms with Crippen molar-refractivity contribution in [1.82, 2.24) is 15.0 Å². The molecule has 1 aromatic carbocycles. The number of nitrogens with one attached hydrogen (secondary N) is 1. The lowest BCUT2D eigenvalue weighted by atomic mass is 10.2. The van der Waals surface area contributed by atoms with E-state index in [9.17, 15) is 10.1 Å². The van der Waals surface area contributed by atoms with Gasteiger partial charge in [0, 0.05) is 56.1 Å². The third-order valence-electron chi connectivity index (χ3n) is 5.89. The first-order valence-electron chi connectivity index (χ1n) is 11.0. The van der Waals surface area contributed by atoms with Gasteiger partial charge in [0.05, 0.1) is 49.4 Å². The second-order valence-electron chi connectivity index (χ2n) is 7.91. The van der Waals surface area contributed by atoms with Crippen LogP contribution in [0.25, 0.3) is 10.9 Å². The molecular weight excluding hydrogens is 442 g/mol. The molecule has 2 aliphatic heterocycles. The van der Waals surface area contributed by atoms with Crippen LogP contribution in [-0.4, -0.2) is 79.6 Å². The van der Waals surface area contributed by atoms with Crippen molar-refractivity contribution < 1.29 is 19.1 Å². The van der Waals surface area contributed by atoms with Gasteiger partial charge >= 0.3 is 5.69 Å². The molecule has 34 heavy (non-hydrogen) atoms. The average molecular weight is 467 g/mol. The van der Waals surface area contributed by atoms with Crippen LogP contribution < -0.4 is 19.9 Å². The van der Waals surface area contributed by atoms with Gasteiger partial charge in [-0.2, -0.15) is 0 Å². The van der Waals surface area contributed by atoms with Gasteiger partial charge < -0.3 is 29.3 Å². The Hall–Kier alpha value is -3.77. The number of nitro groups is 1. The van der Waals surface area contributed by atoms with E-state index in [4.69, 9.17) is 19.2 Å². The van der Waals surface area contributed by atoms with Gasteiger partial charge in [0.15, 0.2) is 5.75 Å². The number of nitro benzene ring substituents is 1. The molecule has 12 nitrogen and oxygen atoms in total. The number of rotatable bonds is 6. The Labute approximate surface area is 195 Å². The van der Waals surface area contributed by atoms with Crippen molar-refractivity contribution in [2.75, 3.05) is 74.8 Å².